The molecule has 0 saturated carbocycles. The molecule has 1 N–H and O–H groups in total. The van der Waals surface area contributed by atoms with Gasteiger partial charge in [0.15, 0.2) is 5.82 Å². The predicted octanol–water partition coefficient (Wildman–Crippen LogP) is 3.30. The van der Waals surface area contributed by atoms with Crippen molar-refractivity contribution in [1.29, 1.82) is 0 Å². The maximum atomic E-state index is 12.9. The molecule has 1 unspecified atom stereocenters. The summed E-state index contributed by atoms with van der Waals surface area (Å²) in [5, 5.41) is 6.97. The highest BCUT2D eigenvalue weighted by Gasteiger charge is 2.33. The van der Waals surface area contributed by atoms with Crippen LogP contribution >= 0.6 is 0 Å². The second-order valence-corrected chi connectivity index (χ2v) is 7.66. The SMILES string of the molecule is COc1ccccc1CNC(=O)CCc1nc(C2CCCN2C(=O)c2ccccc2)no1. The van der Waals surface area contributed by atoms with Gasteiger partial charge in [0.05, 0.1) is 13.2 Å². The summed E-state index contributed by atoms with van der Waals surface area (Å²) in [5.41, 5.74) is 1.56. The highest BCUT2D eigenvalue weighted by atomic mass is 16.5. The molecule has 0 spiro atoms. The van der Waals surface area contributed by atoms with Crippen LogP contribution in [0.2, 0.25) is 0 Å². The fraction of sp³-hybridized carbons (Fsp3) is 0.333. The summed E-state index contributed by atoms with van der Waals surface area (Å²) in [5.74, 6) is 1.48. The molecular weight excluding hydrogens is 408 g/mol. The summed E-state index contributed by atoms with van der Waals surface area (Å²) in [6.45, 7) is 1.05. The van der Waals surface area contributed by atoms with Crippen LogP contribution in [-0.2, 0) is 17.8 Å². The summed E-state index contributed by atoms with van der Waals surface area (Å²) in [6, 6.07) is 16.5. The van der Waals surface area contributed by atoms with Crippen molar-refractivity contribution in [2.75, 3.05) is 13.7 Å². The van der Waals surface area contributed by atoms with Gasteiger partial charge in [-0.1, -0.05) is 41.6 Å². The van der Waals surface area contributed by atoms with E-state index in [1.54, 1.807) is 12.0 Å². The first-order chi connectivity index (χ1) is 15.7. The van der Waals surface area contributed by atoms with Gasteiger partial charge >= 0.3 is 0 Å². The minimum Gasteiger partial charge on any atom is -0.496 e. The van der Waals surface area contributed by atoms with Crippen molar-refractivity contribution in [2.24, 2.45) is 0 Å². The molecule has 1 aromatic heterocycles. The molecule has 1 aliphatic heterocycles. The van der Waals surface area contributed by atoms with E-state index in [9.17, 15) is 9.59 Å². The van der Waals surface area contributed by atoms with E-state index in [2.05, 4.69) is 15.5 Å². The van der Waals surface area contributed by atoms with Gasteiger partial charge in [0, 0.05) is 37.1 Å². The number of hydrogen-bond acceptors (Lipinski definition) is 6. The van der Waals surface area contributed by atoms with E-state index >= 15 is 0 Å². The Morgan fingerprint density at radius 3 is 2.75 bits per heavy atom. The molecule has 1 aliphatic rings. The molecule has 3 aromatic rings. The maximum absolute atomic E-state index is 12.9. The molecule has 166 valence electrons. The van der Waals surface area contributed by atoms with E-state index in [0.717, 1.165) is 24.2 Å². The third kappa shape index (κ3) is 4.96. The fourth-order valence-corrected chi connectivity index (χ4v) is 3.88. The van der Waals surface area contributed by atoms with Gasteiger partial charge in [0.25, 0.3) is 5.91 Å². The number of rotatable bonds is 8. The standard InChI is InChI=1S/C24H26N4O4/c1-31-20-12-6-5-10-18(20)16-25-21(29)13-14-22-26-23(27-32-22)19-11-7-15-28(19)24(30)17-8-3-2-4-9-17/h2-6,8-10,12,19H,7,11,13-16H2,1H3,(H,25,29). The first-order valence-electron chi connectivity index (χ1n) is 10.7. The molecule has 1 atom stereocenters. The summed E-state index contributed by atoms with van der Waals surface area (Å²) < 4.78 is 10.7. The normalized spacial score (nSPS) is 15.5. The molecule has 1 fully saturated rings. The first kappa shape index (κ1) is 21.5. The molecule has 2 amide bonds. The number of benzene rings is 2. The number of para-hydroxylation sites is 1. The summed E-state index contributed by atoms with van der Waals surface area (Å²) in [4.78, 5) is 31.4. The fourth-order valence-electron chi connectivity index (χ4n) is 3.88. The monoisotopic (exact) mass is 434 g/mol. The van der Waals surface area contributed by atoms with Crippen LogP contribution in [0.1, 0.15) is 52.9 Å². The van der Waals surface area contributed by atoms with Gasteiger partial charge in [-0.05, 0) is 31.0 Å². The number of nitrogens with one attached hydrogen (secondary N) is 1. The zero-order valence-electron chi connectivity index (χ0n) is 18.0. The Kier molecular flexibility index (Phi) is 6.79. The van der Waals surface area contributed by atoms with Crippen LogP contribution in [0.4, 0.5) is 0 Å². The number of aryl methyl sites for hydroxylation is 1. The average Bonchev–Trinajstić information content (AvgIpc) is 3.51. The third-order valence-corrected chi connectivity index (χ3v) is 5.55. The molecule has 32 heavy (non-hydrogen) atoms. The average molecular weight is 434 g/mol. The number of hydrogen-bond donors (Lipinski definition) is 1. The van der Waals surface area contributed by atoms with Crippen molar-refractivity contribution >= 4 is 11.8 Å². The molecule has 0 radical (unpaired) electrons. The lowest BCUT2D eigenvalue weighted by Gasteiger charge is -2.22. The molecular formula is C24H26N4O4. The van der Waals surface area contributed by atoms with Crippen LogP contribution < -0.4 is 10.1 Å². The second-order valence-electron chi connectivity index (χ2n) is 7.66. The lowest BCUT2D eigenvalue weighted by molar-refractivity contribution is -0.121. The van der Waals surface area contributed by atoms with Crippen molar-refractivity contribution in [3.63, 3.8) is 0 Å². The number of nitrogens with zero attached hydrogens (tertiary/aromatic N) is 3. The number of likely N-dealkylation sites (tertiary alicyclic amines) is 1. The Labute approximate surface area is 186 Å². The number of methoxy groups -OCH3 is 1. The van der Waals surface area contributed by atoms with Crippen LogP contribution in [0.5, 0.6) is 5.75 Å². The van der Waals surface area contributed by atoms with Crippen molar-refractivity contribution in [2.45, 2.75) is 38.3 Å². The van der Waals surface area contributed by atoms with Crippen LogP contribution in [0.15, 0.2) is 59.1 Å². The van der Waals surface area contributed by atoms with Crippen LogP contribution in [-0.4, -0.2) is 40.5 Å². The topological polar surface area (TPSA) is 97.6 Å². The molecule has 1 saturated heterocycles. The van der Waals surface area contributed by atoms with E-state index in [4.69, 9.17) is 9.26 Å². The van der Waals surface area contributed by atoms with Crippen molar-refractivity contribution in [1.82, 2.24) is 20.4 Å². The molecule has 0 bridgehead atoms. The maximum Gasteiger partial charge on any atom is 0.254 e. The Balaban J connectivity index is 1.31. The number of aromatic nitrogens is 2. The largest absolute Gasteiger partial charge is 0.496 e. The quantitative estimate of drug-likeness (QED) is 0.584. The van der Waals surface area contributed by atoms with Crippen molar-refractivity contribution in [3.8, 4) is 5.75 Å². The second kappa shape index (κ2) is 10.1. The Morgan fingerprint density at radius 2 is 1.94 bits per heavy atom. The summed E-state index contributed by atoms with van der Waals surface area (Å²) in [6.07, 6.45) is 2.24. The van der Waals surface area contributed by atoms with Crippen LogP contribution in [0.25, 0.3) is 0 Å². The number of amides is 2. The molecule has 2 aromatic carbocycles. The first-order valence-corrected chi connectivity index (χ1v) is 10.7. The third-order valence-electron chi connectivity index (χ3n) is 5.55. The van der Waals surface area contributed by atoms with E-state index in [1.807, 2.05) is 54.6 Å². The minimum atomic E-state index is -0.209. The highest BCUT2D eigenvalue weighted by Crippen LogP contribution is 2.31. The zero-order valence-corrected chi connectivity index (χ0v) is 18.0. The molecule has 8 nitrogen and oxygen atoms in total. The van der Waals surface area contributed by atoms with E-state index < -0.39 is 0 Å². The van der Waals surface area contributed by atoms with Gasteiger partial charge in [-0.15, -0.1) is 0 Å². The molecule has 2 heterocycles. The Hall–Kier alpha value is -3.68. The van der Waals surface area contributed by atoms with Crippen LogP contribution in [0.3, 0.4) is 0 Å². The highest BCUT2D eigenvalue weighted by molar-refractivity contribution is 5.94. The zero-order chi connectivity index (χ0) is 22.3. The predicted molar refractivity (Wildman–Crippen MR) is 117 cm³/mol. The van der Waals surface area contributed by atoms with E-state index in [-0.39, 0.29) is 24.3 Å². The Bertz CT molecular complexity index is 1070. The van der Waals surface area contributed by atoms with E-state index in [1.165, 1.54) is 0 Å². The summed E-state index contributed by atoms with van der Waals surface area (Å²) >= 11 is 0. The van der Waals surface area contributed by atoms with Gasteiger partial charge in [-0.3, -0.25) is 9.59 Å². The lowest BCUT2D eigenvalue weighted by atomic mass is 10.1. The van der Waals surface area contributed by atoms with Crippen LogP contribution in [0, 0.1) is 0 Å². The van der Waals surface area contributed by atoms with Gasteiger partial charge in [-0.25, -0.2) is 0 Å². The lowest BCUT2D eigenvalue weighted by Crippen LogP contribution is -2.31. The summed E-state index contributed by atoms with van der Waals surface area (Å²) in [7, 11) is 1.60. The number of ether oxygens (including phenoxy) is 1. The molecule has 8 heteroatoms. The van der Waals surface area contributed by atoms with Crippen molar-refractivity contribution < 1.29 is 18.8 Å². The van der Waals surface area contributed by atoms with Crippen molar-refractivity contribution in [3.05, 3.63) is 77.4 Å². The molecule has 4 rings (SSSR count). The van der Waals surface area contributed by atoms with Gasteiger partial charge in [0.2, 0.25) is 11.8 Å². The van der Waals surface area contributed by atoms with Gasteiger partial charge < -0.3 is 19.5 Å². The van der Waals surface area contributed by atoms with Gasteiger partial charge in [0.1, 0.15) is 5.75 Å². The smallest absolute Gasteiger partial charge is 0.254 e. The van der Waals surface area contributed by atoms with E-state index in [0.29, 0.717) is 36.8 Å². The number of carbonyl (C=O) groups is 2. The van der Waals surface area contributed by atoms with Gasteiger partial charge in [-0.2, -0.15) is 4.98 Å². The minimum absolute atomic E-state index is 0.0323. The molecule has 0 aliphatic carbocycles. The Morgan fingerprint density at radius 1 is 1.16 bits per heavy atom. The number of carbonyl (C=O) groups excluding carboxylic acids is 2.